The Labute approximate surface area is 92.8 Å². The van der Waals surface area contributed by atoms with Crippen LogP contribution in [0.2, 0.25) is 0 Å². The van der Waals surface area contributed by atoms with Gasteiger partial charge in [-0.25, -0.2) is 8.78 Å². The predicted molar refractivity (Wildman–Crippen MR) is 46.7 cm³/mol. The zero-order valence-electron chi connectivity index (χ0n) is 8.55. The molecule has 0 saturated heterocycles. The molecule has 0 unspecified atom stereocenters. The monoisotopic (exact) mass is 257 g/mol. The molecule has 0 spiro atoms. The average molecular weight is 257 g/mol. The molecule has 3 nitrogen and oxygen atoms in total. The number of halogens is 5. The number of methoxy groups -OCH3 is 1. The van der Waals surface area contributed by atoms with Crippen LogP contribution in [0.3, 0.4) is 0 Å². The molecule has 0 bridgehead atoms. The van der Waals surface area contributed by atoms with Crippen molar-refractivity contribution in [3.63, 3.8) is 0 Å². The van der Waals surface area contributed by atoms with Crippen LogP contribution in [0.25, 0.3) is 0 Å². The first-order valence-electron chi connectivity index (χ1n) is 4.34. The molecule has 1 aromatic heterocycles. The van der Waals surface area contributed by atoms with Gasteiger partial charge in [0.2, 0.25) is 0 Å². The van der Waals surface area contributed by atoms with Crippen LogP contribution < -0.4 is 4.74 Å². The number of hydrogen-bond acceptors (Lipinski definition) is 3. The maximum absolute atomic E-state index is 12.7. The van der Waals surface area contributed by atoms with Crippen molar-refractivity contribution >= 4 is 0 Å². The predicted octanol–water partition coefficient (Wildman–Crippen LogP) is 2.54. The van der Waals surface area contributed by atoms with Crippen molar-refractivity contribution in [2.75, 3.05) is 7.11 Å². The molecular weight excluding hydrogens is 249 g/mol. The second-order valence-corrected chi connectivity index (χ2v) is 3.03. The molecule has 0 fully saturated rings. The molecular formula is C9H8F5NO2. The molecule has 1 N–H and O–H groups in total. The maximum atomic E-state index is 12.7. The minimum atomic E-state index is -4.91. The third kappa shape index (κ3) is 2.63. The highest BCUT2D eigenvalue weighted by atomic mass is 19.4. The Morgan fingerprint density at radius 2 is 2.00 bits per heavy atom. The van der Waals surface area contributed by atoms with E-state index in [1.165, 1.54) is 0 Å². The van der Waals surface area contributed by atoms with Crippen molar-refractivity contribution in [1.29, 1.82) is 0 Å². The number of alkyl halides is 5. The van der Waals surface area contributed by atoms with E-state index in [2.05, 4.69) is 9.72 Å². The highest BCUT2D eigenvalue weighted by Gasteiger charge is 2.39. The quantitative estimate of drug-likeness (QED) is 0.846. The summed E-state index contributed by atoms with van der Waals surface area (Å²) < 4.78 is 67.2. The van der Waals surface area contributed by atoms with Gasteiger partial charge in [-0.2, -0.15) is 13.2 Å². The van der Waals surface area contributed by atoms with Crippen molar-refractivity contribution in [1.82, 2.24) is 4.98 Å². The highest BCUT2D eigenvalue weighted by molar-refractivity contribution is 5.44. The van der Waals surface area contributed by atoms with E-state index >= 15 is 0 Å². The van der Waals surface area contributed by atoms with Gasteiger partial charge >= 0.3 is 6.18 Å². The Morgan fingerprint density at radius 3 is 2.35 bits per heavy atom. The maximum Gasteiger partial charge on any atom is 0.420 e. The van der Waals surface area contributed by atoms with Crippen LogP contribution in [0.15, 0.2) is 6.20 Å². The molecule has 0 aliphatic heterocycles. The smallest absolute Gasteiger partial charge is 0.420 e. The summed E-state index contributed by atoms with van der Waals surface area (Å²) in [7, 11) is 0.833. The molecule has 0 radical (unpaired) electrons. The van der Waals surface area contributed by atoms with Gasteiger partial charge in [-0.3, -0.25) is 4.98 Å². The van der Waals surface area contributed by atoms with Gasteiger partial charge in [-0.1, -0.05) is 0 Å². The number of ether oxygens (including phenoxy) is 1. The van der Waals surface area contributed by atoms with E-state index in [0.717, 1.165) is 7.11 Å². The zero-order valence-corrected chi connectivity index (χ0v) is 8.55. The molecule has 0 aliphatic rings. The van der Waals surface area contributed by atoms with E-state index in [1.54, 1.807) is 0 Å². The Morgan fingerprint density at radius 1 is 1.41 bits per heavy atom. The standard InChI is InChI=1S/C9H8F5NO2/c1-17-7-5(9(12,13)14)4(3-16)2-15-6(7)8(10)11/h2,8,16H,3H2,1H3. The average Bonchev–Trinajstić information content (AvgIpc) is 2.25. The van der Waals surface area contributed by atoms with Gasteiger partial charge in [0.1, 0.15) is 11.3 Å². The first-order valence-corrected chi connectivity index (χ1v) is 4.34. The van der Waals surface area contributed by atoms with E-state index in [1.807, 2.05) is 0 Å². The number of aliphatic hydroxyl groups excluding tert-OH is 1. The SMILES string of the molecule is COc1c(C(F)F)ncc(CO)c1C(F)(F)F. The van der Waals surface area contributed by atoms with Crippen LogP contribution in [0.4, 0.5) is 22.0 Å². The van der Waals surface area contributed by atoms with Crippen molar-refractivity contribution in [2.45, 2.75) is 19.2 Å². The van der Waals surface area contributed by atoms with Crippen molar-refractivity contribution in [2.24, 2.45) is 0 Å². The lowest BCUT2D eigenvalue weighted by Gasteiger charge is -2.17. The fourth-order valence-electron chi connectivity index (χ4n) is 1.34. The number of aliphatic hydroxyl groups is 1. The second kappa shape index (κ2) is 4.82. The van der Waals surface area contributed by atoms with Crippen LogP contribution in [0, 0.1) is 0 Å². The molecule has 0 aliphatic carbocycles. The summed E-state index contributed by atoms with van der Waals surface area (Å²) in [6.45, 7) is -0.971. The number of nitrogens with zero attached hydrogens (tertiary/aromatic N) is 1. The third-order valence-corrected chi connectivity index (χ3v) is 2.00. The number of hydrogen-bond donors (Lipinski definition) is 1. The molecule has 8 heteroatoms. The summed E-state index contributed by atoms with van der Waals surface area (Å²) in [6, 6.07) is 0. The zero-order chi connectivity index (χ0) is 13.2. The number of pyridine rings is 1. The summed E-state index contributed by atoms with van der Waals surface area (Å²) >= 11 is 0. The van der Waals surface area contributed by atoms with E-state index in [4.69, 9.17) is 5.11 Å². The molecule has 0 atom stereocenters. The summed E-state index contributed by atoms with van der Waals surface area (Å²) in [5.74, 6) is -1.06. The van der Waals surface area contributed by atoms with E-state index in [-0.39, 0.29) is 0 Å². The fourth-order valence-corrected chi connectivity index (χ4v) is 1.34. The Balaban J connectivity index is 3.55. The van der Waals surface area contributed by atoms with Gasteiger partial charge in [-0.15, -0.1) is 0 Å². The molecule has 1 aromatic rings. The topological polar surface area (TPSA) is 42.4 Å². The molecule has 0 saturated carbocycles. The Bertz CT molecular complexity index is 405. The van der Waals surface area contributed by atoms with Gasteiger partial charge in [0, 0.05) is 11.8 Å². The lowest BCUT2D eigenvalue weighted by molar-refractivity contribution is -0.140. The highest BCUT2D eigenvalue weighted by Crippen LogP contribution is 2.42. The van der Waals surface area contributed by atoms with Gasteiger partial charge in [0.15, 0.2) is 5.75 Å². The largest absolute Gasteiger partial charge is 0.494 e. The minimum Gasteiger partial charge on any atom is -0.494 e. The molecule has 0 amide bonds. The van der Waals surface area contributed by atoms with Crippen LogP contribution >= 0.6 is 0 Å². The first kappa shape index (κ1) is 13.6. The third-order valence-electron chi connectivity index (χ3n) is 2.00. The summed E-state index contributed by atoms with van der Waals surface area (Å²) in [5.41, 5.74) is -3.14. The first-order chi connectivity index (χ1) is 7.82. The van der Waals surface area contributed by atoms with E-state index in [0.29, 0.717) is 6.20 Å². The van der Waals surface area contributed by atoms with Gasteiger partial charge < -0.3 is 9.84 Å². The summed E-state index contributed by atoms with van der Waals surface area (Å²) in [6.07, 6.45) is -7.54. The normalized spacial score (nSPS) is 12.0. The fraction of sp³-hybridized carbons (Fsp3) is 0.444. The van der Waals surface area contributed by atoms with Crippen molar-refractivity contribution in [3.05, 3.63) is 23.0 Å². The van der Waals surface area contributed by atoms with Gasteiger partial charge in [0.05, 0.1) is 13.7 Å². The van der Waals surface area contributed by atoms with E-state index in [9.17, 15) is 22.0 Å². The van der Waals surface area contributed by atoms with Crippen LogP contribution in [-0.4, -0.2) is 17.2 Å². The van der Waals surface area contributed by atoms with E-state index < -0.39 is 41.8 Å². The summed E-state index contributed by atoms with van der Waals surface area (Å²) in [4.78, 5) is 3.16. The van der Waals surface area contributed by atoms with Crippen LogP contribution in [-0.2, 0) is 12.8 Å². The Kier molecular flexibility index (Phi) is 3.87. The lowest BCUT2D eigenvalue weighted by Crippen LogP contribution is -2.14. The van der Waals surface area contributed by atoms with Gasteiger partial charge in [-0.05, 0) is 0 Å². The lowest BCUT2D eigenvalue weighted by atomic mass is 10.1. The summed E-state index contributed by atoms with van der Waals surface area (Å²) in [5, 5.41) is 8.75. The minimum absolute atomic E-state index is 0.562. The molecule has 17 heavy (non-hydrogen) atoms. The number of aromatic nitrogens is 1. The van der Waals surface area contributed by atoms with Crippen molar-refractivity contribution in [3.8, 4) is 5.75 Å². The molecule has 1 rings (SSSR count). The van der Waals surface area contributed by atoms with Gasteiger partial charge in [0.25, 0.3) is 6.43 Å². The Hall–Kier alpha value is -1.44. The van der Waals surface area contributed by atoms with Crippen LogP contribution in [0.1, 0.15) is 23.2 Å². The molecule has 96 valence electrons. The van der Waals surface area contributed by atoms with Crippen molar-refractivity contribution < 1.29 is 31.8 Å². The molecule has 0 aromatic carbocycles. The molecule has 1 heterocycles. The second-order valence-electron chi connectivity index (χ2n) is 3.03. The van der Waals surface area contributed by atoms with Crippen LogP contribution in [0.5, 0.6) is 5.75 Å². The number of rotatable bonds is 3.